The summed E-state index contributed by atoms with van der Waals surface area (Å²) in [5.41, 5.74) is 5.80. The SMILES string of the molecule is COc1c(C(=O)O)ccc2c1c(C=Cc1ccc(F)cc1)nn2C1CC1(C(N)=O)C(=O)N1CCOCC1. The number of methoxy groups -OCH3 is 1. The number of primary amides is 1. The number of nitrogens with zero attached hydrogens (tertiary/aromatic N) is 3. The van der Waals surface area contributed by atoms with Gasteiger partial charge >= 0.3 is 5.97 Å². The van der Waals surface area contributed by atoms with E-state index in [1.807, 2.05) is 0 Å². The number of amides is 2. The van der Waals surface area contributed by atoms with Gasteiger partial charge in [-0.15, -0.1) is 0 Å². The molecule has 3 aromatic rings. The highest BCUT2D eigenvalue weighted by Gasteiger charge is 2.68. The molecule has 1 aromatic heterocycles. The fourth-order valence-electron chi connectivity index (χ4n) is 4.90. The first-order valence-electron chi connectivity index (χ1n) is 11.7. The van der Waals surface area contributed by atoms with Crippen molar-refractivity contribution in [1.29, 1.82) is 0 Å². The molecular weight excluding hydrogens is 483 g/mol. The molecule has 192 valence electrons. The smallest absolute Gasteiger partial charge is 0.339 e. The van der Waals surface area contributed by atoms with Crippen molar-refractivity contribution in [3.05, 3.63) is 59.0 Å². The number of benzene rings is 2. The van der Waals surface area contributed by atoms with E-state index >= 15 is 0 Å². The molecule has 2 atom stereocenters. The topological polar surface area (TPSA) is 137 Å². The number of nitrogens with two attached hydrogens (primary N) is 1. The summed E-state index contributed by atoms with van der Waals surface area (Å²) in [5.74, 6) is -2.56. The molecule has 10 nitrogen and oxygen atoms in total. The molecule has 3 N–H and O–H groups in total. The van der Waals surface area contributed by atoms with Gasteiger partial charge in [0.05, 0.1) is 43.0 Å². The Bertz CT molecular complexity index is 1430. The molecule has 5 rings (SSSR count). The normalized spacial score (nSPS) is 21.4. The van der Waals surface area contributed by atoms with Crippen LogP contribution in [0.4, 0.5) is 4.39 Å². The van der Waals surface area contributed by atoms with Crippen molar-refractivity contribution in [3.63, 3.8) is 0 Å². The van der Waals surface area contributed by atoms with Crippen LogP contribution in [0, 0.1) is 11.2 Å². The van der Waals surface area contributed by atoms with Crippen LogP contribution in [0.15, 0.2) is 36.4 Å². The van der Waals surface area contributed by atoms with Gasteiger partial charge in [0.15, 0.2) is 5.41 Å². The Balaban J connectivity index is 1.62. The molecule has 0 spiro atoms. The summed E-state index contributed by atoms with van der Waals surface area (Å²) in [6.45, 7) is 1.48. The van der Waals surface area contributed by atoms with E-state index in [0.717, 1.165) is 0 Å². The third-order valence-corrected chi connectivity index (χ3v) is 6.93. The number of carboxylic acids is 1. The number of carbonyl (C=O) groups is 3. The first kappa shape index (κ1) is 24.4. The van der Waals surface area contributed by atoms with Crippen LogP contribution in [0.2, 0.25) is 0 Å². The maximum absolute atomic E-state index is 13.4. The summed E-state index contributed by atoms with van der Waals surface area (Å²) in [7, 11) is 1.36. The monoisotopic (exact) mass is 508 g/mol. The van der Waals surface area contributed by atoms with Gasteiger partial charge in [-0.25, -0.2) is 9.18 Å². The maximum Gasteiger partial charge on any atom is 0.339 e. The third-order valence-electron chi connectivity index (χ3n) is 6.93. The number of ether oxygens (including phenoxy) is 2. The minimum Gasteiger partial charge on any atom is -0.495 e. The first-order valence-corrected chi connectivity index (χ1v) is 11.7. The lowest BCUT2D eigenvalue weighted by Crippen LogP contribution is -2.49. The van der Waals surface area contributed by atoms with Crippen LogP contribution in [0.1, 0.15) is 34.1 Å². The Labute approximate surface area is 211 Å². The van der Waals surface area contributed by atoms with E-state index in [1.165, 1.54) is 25.3 Å². The van der Waals surface area contributed by atoms with Crippen molar-refractivity contribution in [2.24, 2.45) is 11.1 Å². The quantitative estimate of drug-likeness (QED) is 0.467. The molecule has 2 aromatic carbocycles. The number of rotatable bonds is 7. The second kappa shape index (κ2) is 9.32. The number of carbonyl (C=O) groups excluding carboxylic acids is 2. The van der Waals surface area contributed by atoms with Crippen LogP contribution in [0.5, 0.6) is 5.75 Å². The van der Waals surface area contributed by atoms with Gasteiger partial charge in [0.2, 0.25) is 11.8 Å². The molecule has 2 aliphatic rings. The zero-order valence-electron chi connectivity index (χ0n) is 20.0. The molecule has 37 heavy (non-hydrogen) atoms. The van der Waals surface area contributed by atoms with Gasteiger partial charge in [-0.1, -0.05) is 18.2 Å². The fourth-order valence-corrected chi connectivity index (χ4v) is 4.90. The zero-order valence-corrected chi connectivity index (χ0v) is 20.0. The lowest BCUT2D eigenvalue weighted by molar-refractivity contribution is -0.146. The van der Waals surface area contributed by atoms with E-state index in [2.05, 4.69) is 5.10 Å². The maximum atomic E-state index is 13.4. The highest BCUT2D eigenvalue weighted by atomic mass is 19.1. The Morgan fingerprint density at radius 2 is 1.86 bits per heavy atom. The second-order valence-electron chi connectivity index (χ2n) is 9.02. The average Bonchev–Trinajstić information content (AvgIpc) is 3.56. The highest BCUT2D eigenvalue weighted by Crippen LogP contribution is 2.58. The highest BCUT2D eigenvalue weighted by molar-refractivity contribution is 6.09. The van der Waals surface area contributed by atoms with Crippen LogP contribution in [-0.2, 0) is 14.3 Å². The Hall–Kier alpha value is -4.25. The number of aromatic carboxylic acids is 1. The van der Waals surface area contributed by atoms with Gasteiger partial charge < -0.3 is 25.2 Å². The zero-order chi connectivity index (χ0) is 26.3. The summed E-state index contributed by atoms with van der Waals surface area (Å²) in [6, 6.07) is 8.14. The molecule has 2 unspecified atom stereocenters. The number of aromatic nitrogens is 2. The van der Waals surface area contributed by atoms with Crippen molar-refractivity contribution in [2.45, 2.75) is 12.5 Å². The summed E-state index contributed by atoms with van der Waals surface area (Å²) in [6.07, 6.45) is 3.52. The first-order chi connectivity index (χ1) is 17.8. The average molecular weight is 509 g/mol. The lowest BCUT2D eigenvalue weighted by Gasteiger charge is -2.30. The van der Waals surface area contributed by atoms with Crippen LogP contribution in [-0.4, -0.2) is 71.0 Å². The van der Waals surface area contributed by atoms with Crippen molar-refractivity contribution in [3.8, 4) is 5.75 Å². The Morgan fingerprint density at radius 1 is 1.16 bits per heavy atom. The van der Waals surface area contributed by atoms with Crippen molar-refractivity contribution in [1.82, 2.24) is 14.7 Å². The van der Waals surface area contributed by atoms with Gasteiger partial charge in [0.1, 0.15) is 17.1 Å². The number of hydrogen-bond acceptors (Lipinski definition) is 6. The summed E-state index contributed by atoms with van der Waals surface area (Å²) in [4.78, 5) is 39.5. The van der Waals surface area contributed by atoms with Gasteiger partial charge in [-0.05, 0) is 42.3 Å². The van der Waals surface area contributed by atoms with Crippen LogP contribution < -0.4 is 10.5 Å². The van der Waals surface area contributed by atoms with E-state index < -0.39 is 23.3 Å². The molecule has 2 fully saturated rings. The largest absolute Gasteiger partial charge is 0.495 e. The number of fused-ring (bicyclic) bond motifs is 1. The Morgan fingerprint density at radius 3 is 2.49 bits per heavy atom. The minimum atomic E-state index is -1.47. The second-order valence-corrected chi connectivity index (χ2v) is 9.02. The number of halogens is 1. The van der Waals surface area contributed by atoms with E-state index in [0.29, 0.717) is 48.5 Å². The predicted octanol–water partition coefficient (Wildman–Crippen LogP) is 2.33. The molecule has 1 aliphatic carbocycles. The molecular formula is C26H25FN4O6. The van der Waals surface area contributed by atoms with Gasteiger partial charge in [0, 0.05) is 13.1 Å². The molecule has 2 amide bonds. The van der Waals surface area contributed by atoms with Crippen molar-refractivity contribution >= 4 is 40.8 Å². The van der Waals surface area contributed by atoms with E-state index in [-0.39, 0.29) is 29.5 Å². The number of morpholine rings is 1. The molecule has 1 saturated carbocycles. The lowest BCUT2D eigenvalue weighted by atomic mass is 10.0. The molecule has 0 bridgehead atoms. The van der Waals surface area contributed by atoms with Crippen molar-refractivity contribution in [2.75, 3.05) is 33.4 Å². The van der Waals surface area contributed by atoms with Crippen molar-refractivity contribution < 1.29 is 33.4 Å². The molecule has 1 saturated heterocycles. The molecule has 11 heteroatoms. The summed E-state index contributed by atoms with van der Waals surface area (Å²) < 4.78 is 25.7. The van der Waals surface area contributed by atoms with Crippen LogP contribution in [0.25, 0.3) is 23.1 Å². The summed E-state index contributed by atoms with van der Waals surface area (Å²) in [5, 5.41) is 14.8. The molecule has 2 heterocycles. The predicted molar refractivity (Wildman–Crippen MR) is 131 cm³/mol. The Kier molecular flexibility index (Phi) is 6.16. The van der Waals surface area contributed by atoms with Gasteiger partial charge in [0.25, 0.3) is 0 Å². The van der Waals surface area contributed by atoms with Gasteiger partial charge in [-0.3, -0.25) is 14.3 Å². The van der Waals surface area contributed by atoms with E-state index in [4.69, 9.17) is 15.2 Å². The van der Waals surface area contributed by atoms with Crippen LogP contribution in [0.3, 0.4) is 0 Å². The van der Waals surface area contributed by atoms with Crippen LogP contribution >= 0.6 is 0 Å². The standard InChI is InChI=1S/C26H25FN4O6/c1-36-22-17(23(32)33)7-9-19-21(22)18(8-4-15-2-5-16(27)6-3-15)29-31(19)20-14-26(20,24(28)34)25(35)30-10-12-37-13-11-30/h2-9,20H,10-14H2,1H3,(H2,28,34)(H,32,33). The molecule has 1 aliphatic heterocycles. The molecule has 0 radical (unpaired) electrons. The number of carboxylic acid groups (broad SMARTS) is 1. The van der Waals surface area contributed by atoms with Gasteiger partial charge in [-0.2, -0.15) is 5.10 Å². The minimum absolute atomic E-state index is 0.0627. The third kappa shape index (κ3) is 4.10. The van der Waals surface area contributed by atoms with E-state index in [1.54, 1.807) is 39.9 Å². The fraction of sp³-hybridized carbons (Fsp3) is 0.308. The number of hydrogen-bond donors (Lipinski definition) is 2. The summed E-state index contributed by atoms with van der Waals surface area (Å²) >= 11 is 0. The van der Waals surface area contributed by atoms with E-state index in [9.17, 15) is 23.9 Å².